The molecule has 1 aliphatic carbocycles. The molecule has 0 atom stereocenters. The van der Waals surface area contributed by atoms with Crippen LogP contribution < -0.4 is 0 Å². The highest BCUT2D eigenvalue weighted by atomic mass is 15.4. The first-order valence-corrected chi connectivity index (χ1v) is 5.51. The van der Waals surface area contributed by atoms with Crippen LogP contribution in [0.1, 0.15) is 37.8 Å². The molecule has 1 aromatic heterocycles. The molecule has 1 aliphatic rings. The molecule has 2 rings (SSSR count). The summed E-state index contributed by atoms with van der Waals surface area (Å²) in [5.41, 5.74) is 0.773. The molecular formula is C11H16N4. The highest BCUT2D eigenvalue weighted by molar-refractivity contribution is 5.08. The van der Waals surface area contributed by atoms with E-state index in [1.807, 2.05) is 13.2 Å². The second kappa shape index (κ2) is 4.01. The summed E-state index contributed by atoms with van der Waals surface area (Å²) in [5.74, 6) is 0. The summed E-state index contributed by atoms with van der Waals surface area (Å²) in [5, 5.41) is 17.3. The van der Waals surface area contributed by atoms with Crippen molar-refractivity contribution in [3.05, 3.63) is 11.9 Å². The predicted octanol–water partition coefficient (Wildman–Crippen LogP) is 1.83. The Kier molecular flexibility index (Phi) is 2.72. The van der Waals surface area contributed by atoms with E-state index in [0.717, 1.165) is 25.0 Å². The fourth-order valence-corrected chi connectivity index (χ4v) is 2.38. The van der Waals surface area contributed by atoms with Gasteiger partial charge in [0.2, 0.25) is 0 Å². The normalized spacial score (nSPS) is 19.7. The van der Waals surface area contributed by atoms with Crippen LogP contribution >= 0.6 is 0 Å². The number of rotatable bonds is 2. The summed E-state index contributed by atoms with van der Waals surface area (Å²) in [6, 6.07) is 2.50. The molecule has 1 saturated carbocycles. The van der Waals surface area contributed by atoms with E-state index in [9.17, 15) is 5.26 Å². The SMILES string of the molecule is Cn1cc(CC2(C#N)CCCCC2)nn1. The van der Waals surface area contributed by atoms with Gasteiger partial charge >= 0.3 is 0 Å². The van der Waals surface area contributed by atoms with Gasteiger partial charge in [0.15, 0.2) is 0 Å². The maximum Gasteiger partial charge on any atom is 0.0842 e. The molecule has 1 heterocycles. The van der Waals surface area contributed by atoms with Gasteiger partial charge in [-0.25, -0.2) is 0 Å². The van der Waals surface area contributed by atoms with Gasteiger partial charge < -0.3 is 0 Å². The maximum atomic E-state index is 9.30. The quantitative estimate of drug-likeness (QED) is 0.738. The summed E-state index contributed by atoms with van der Waals surface area (Å²) in [7, 11) is 1.86. The lowest BCUT2D eigenvalue weighted by molar-refractivity contribution is 0.263. The molecule has 4 heteroatoms. The van der Waals surface area contributed by atoms with E-state index >= 15 is 0 Å². The fourth-order valence-electron chi connectivity index (χ4n) is 2.38. The van der Waals surface area contributed by atoms with Crippen molar-refractivity contribution in [3.8, 4) is 6.07 Å². The summed E-state index contributed by atoms with van der Waals surface area (Å²) in [6.45, 7) is 0. The molecule has 0 spiro atoms. The average molecular weight is 204 g/mol. The minimum atomic E-state index is -0.172. The first kappa shape index (κ1) is 10.2. The van der Waals surface area contributed by atoms with Crippen molar-refractivity contribution < 1.29 is 0 Å². The van der Waals surface area contributed by atoms with E-state index in [4.69, 9.17) is 0 Å². The molecule has 15 heavy (non-hydrogen) atoms. The van der Waals surface area contributed by atoms with Crippen LogP contribution in [0.5, 0.6) is 0 Å². The van der Waals surface area contributed by atoms with Gasteiger partial charge in [-0.3, -0.25) is 4.68 Å². The second-order valence-electron chi connectivity index (χ2n) is 4.51. The minimum absolute atomic E-state index is 0.172. The molecule has 0 bridgehead atoms. The maximum absolute atomic E-state index is 9.30. The standard InChI is InChI=1S/C11H16N4/c1-15-8-10(13-14-15)7-11(9-12)5-3-2-4-6-11/h8H,2-7H2,1H3. The van der Waals surface area contributed by atoms with Crippen LogP contribution in [0.25, 0.3) is 0 Å². The lowest BCUT2D eigenvalue weighted by Gasteiger charge is -2.29. The van der Waals surface area contributed by atoms with Crippen molar-refractivity contribution in [3.63, 3.8) is 0 Å². The summed E-state index contributed by atoms with van der Waals surface area (Å²) in [4.78, 5) is 0. The lowest BCUT2D eigenvalue weighted by atomic mass is 9.72. The van der Waals surface area contributed by atoms with Crippen molar-refractivity contribution in [1.29, 1.82) is 5.26 Å². The second-order valence-corrected chi connectivity index (χ2v) is 4.51. The number of hydrogen-bond acceptors (Lipinski definition) is 3. The molecule has 0 amide bonds. The van der Waals surface area contributed by atoms with Gasteiger partial charge in [-0.15, -0.1) is 5.10 Å². The van der Waals surface area contributed by atoms with Crippen molar-refractivity contribution in [2.45, 2.75) is 38.5 Å². The topological polar surface area (TPSA) is 54.5 Å². The van der Waals surface area contributed by atoms with Crippen LogP contribution in [0.4, 0.5) is 0 Å². The molecule has 4 nitrogen and oxygen atoms in total. The first-order valence-electron chi connectivity index (χ1n) is 5.51. The summed E-state index contributed by atoms with van der Waals surface area (Å²) >= 11 is 0. The van der Waals surface area contributed by atoms with Gasteiger partial charge in [-0.1, -0.05) is 24.5 Å². The van der Waals surface area contributed by atoms with Gasteiger partial charge in [0.25, 0.3) is 0 Å². The molecular weight excluding hydrogens is 188 g/mol. The van der Waals surface area contributed by atoms with Crippen molar-refractivity contribution in [2.75, 3.05) is 0 Å². The Morgan fingerprint density at radius 3 is 2.73 bits per heavy atom. The molecule has 0 aliphatic heterocycles. The molecule has 1 fully saturated rings. The minimum Gasteiger partial charge on any atom is -0.255 e. The molecule has 1 aromatic rings. The van der Waals surface area contributed by atoms with E-state index in [1.165, 1.54) is 19.3 Å². The molecule has 0 aromatic carbocycles. The Hall–Kier alpha value is -1.37. The Morgan fingerprint density at radius 1 is 1.47 bits per heavy atom. The monoisotopic (exact) mass is 204 g/mol. The fraction of sp³-hybridized carbons (Fsp3) is 0.727. The Balaban J connectivity index is 2.11. The van der Waals surface area contributed by atoms with Crippen LogP contribution in [0, 0.1) is 16.7 Å². The van der Waals surface area contributed by atoms with Gasteiger partial charge in [-0.05, 0) is 12.8 Å². The van der Waals surface area contributed by atoms with E-state index in [-0.39, 0.29) is 5.41 Å². The van der Waals surface area contributed by atoms with E-state index in [0.29, 0.717) is 0 Å². The number of hydrogen-bond donors (Lipinski definition) is 0. The zero-order valence-corrected chi connectivity index (χ0v) is 9.11. The molecule has 0 radical (unpaired) electrons. The Bertz CT molecular complexity index is 368. The zero-order valence-electron chi connectivity index (χ0n) is 9.11. The predicted molar refractivity (Wildman–Crippen MR) is 55.8 cm³/mol. The van der Waals surface area contributed by atoms with Crippen LogP contribution in [0.2, 0.25) is 0 Å². The van der Waals surface area contributed by atoms with E-state index in [2.05, 4.69) is 16.4 Å². The third-order valence-electron chi connectivity index (χ3n) is 3.22. The summed E-state index contributed by atoms with van der Waals surface area (Å²) < 4.78 is 1.70. The number of aromatic nitrogens is 3. The third kappa shape index (κ3) is 2.17. The van der Waals surface area contributed by atoms with Crippen LogP contribution in [-0.2, 0) is 13.5 Å². The number of aryl methyl sites for hydroxylation is 1. The Labute approximate surface area is 89.9 Å². The van der Waals surface area contributed by atoms with Crippen molar-refractivity contribution >= 4 is 0 Å². The van der Waals surface area contributed by atoms with Crippen molar-refractivity contribution in [1.82, 2.24) is 15.0 Å². The zero-order chi connectivity index (χ0) is 10.7. The van der Waals surface area contributed by atoms with E-state index < -0.39 is 0 Å². The molecule has 0 N–H and O–H groups in total. The van der Waals surface area contributed by atoms with Crippen LogP contribution in [0.3, 0.4) is 0 Å². The van der Waals surface area contributed by atoms with Crippen LogP contribution in [0.15, 0.2) is 6.20 Å². The number of nitriles is 1. The average Bonchev–Trinajstić information content (AvgIpc) is 2.65. The van der Waals surface area contributed by atoms with Crippen LogP contribution in [-0.4, -0.2) is 15.0 Å². The Morgan fingerprint density at radius 2 is 2.20 bits per heavy atom. The molecule has 80 valence electrons. The number of nitrogens with zero attached hydrogens (tertiary/aromatic N) is 4. The van der Waals surface area contributed by atoms with Crippen molar-refractivity contribution in [2.24, 2.45) is 12.5 Å². The summed E-state index contributed by atoms with van der Waals surface area (Å²) in [6.07, 6.45) is 8.32. The molecule has 0 saturated heterocycles. The van der Waals surface area contributed by atoms with E-state index in [1.54, 1.807) is 4.68 Å². The first-order chi connectivity index (χ1) is 7.24. The third-order valence-corrected chi connectivity index (χ3v) is 3.22. The van der Waals surface area contributed by atoms with Gasteiger partial charge in [-0.2, -0.15) is 5.26 Å². The lowest BCUT2D eigenvalue weighted by Crippen LogP contribution is -2.25. The highest BCUT2D eigenvalue weighted by Crippen LogP contribution is 2.38. The smallest absolute Gasteiger partial charge is 0.0842 e. The van der Waals surface area contributed by atoms with Gasteiger partial charge in [0.1, 0.15) is 0 Å². The largest absolute Gasteiger partial charge is 0.255 e. The van der Waals surface area contributed by atoms with Gasteiger partial charge in [0, 0.05) is 19.7 Å². The highest BCUT2D eigenvalue weighted by Gasteiger charge is 2.33. The van der Waals surface area contributed by atoms with Gasteiger partial charge in [0.05, 0.1) is 17.2 Å². The molecule has 0 unspecified atom stereocenters.